The molecule has 1 aliphatic rings. The molecule has 0 saturated heterocycles. The first-order valence-electron chi connectivity index (χ1n) is 11.5. The van der Waals surface area contributed by atoms with E-state index < -0.39 is 17.7 Å². The summed E-state index contributed by atoms with van der Waals surface area (Å²) < 4.78 is 6.13. The lowest BCUT2D eigenvalue weighted by Gasteiger charge is -2.28. The minimum Gasteiger partial charge on any atom is -0.479 e. The minimum atomic E-state index is -1.12. The van der Waals surface area contributed by atoms with Gasteiger partial charge in [-0.1, -0.05) is 0 Å². The molecular weight excluding hydrogens is 434 g/mol. The maximum Gasteiger partial charge on any atom is 0.337 e. The van der Waals surface area contributed by atoms with E-state index in [1.807, 2.05) is 59.8 Å². The van der Waals surface area contributed by atoms with Gasteiger partial charge < -0.3 is 14.7 Å². The van der Waals surface area contributed by atoms with Gasteiger partial charge in [0.05, 0.1) is 5.60 Å². The van der Waals surface area contributed by atoms with Crippen molar-refractivity contribution in [3.05, 3.63) is 39.5 Å². The highest BCUT2D eigenvalue weighted by molar-refractivity contribution is 7.19. The normalized spacial score (nSPS) is 14.9. The summed E-state index contributed by atoms with van der Waals surface area (Å²) >= 11 is 1.75. The number of pyridine rings is 2. The maximum atomic E-state index is 12.5. The first-order chi connectivity index (χ1) is 15.5. The van der Waals surface area contributed by atoms with E-state index in [2.05, 4.69) is 6.07 Å². The third-order valence-corrected chi connectivity index (χ3v) is 7.24. The van der Waals surface area contributed by atoms with Gasteiger partial charge in [-0.2, -0.15) is 0 Å². The molecule has 0 saturated carbocycles. The molecule has 0 aromatic carbocycles. The van der Waals surface area contributed by atoms with Crippen LogP contribution in [0.2, 0.25) is 0 Å². The monoisotopic (exact) mass is 467 g/mol. The van der Waals surface area contributed by atoms with E-state index in [9.17, 15) is 9.90 Å². The van der Waals surface area contributed by atoms with Gasteiger partial charge in [-0.05, 0) is 77.5 Å². The van der Waals surface area contributed by atoms with Gasteiger partial charge in [0.25, 0.3) is 0 Å². The molecule has 3 heterocycles. The summed E-state index contributed by atoms with van der Waals surface area (Å²) in [5.74, 6) is -0.107. The van der Waals surface area contributed by atoms with E-state index in [1.165, 1.54) is 16.9 Å². The summed E-state index contributed by atoms with van der Waals surface area (Å²) in [4.78, 5) is 26.5. The number of anilines is 1. The van der Waals surface area contributed by atoms with Crippen LogP contribution in [-0.4, -0.2) is 40.7 Å². The summed E-state index contributed by atoms with van der Waals surface area (Å²) in [5.41, 5.74) is 4.89. The molecule has 0 amide bonds. The molecule has 7 heteroatoms. The fraction of sp³-hybridized carbons (Fsp3) is 0.500. The number of carbonyl (C=O) groups is 1. The van der Waals surface area contributed by atoms with Gasteiger partial charge in [0.15, 0.2) is 6.10 Å². The molecule has 4 rings (SSSR count). The van der Waals surface area contributed by atoms with E-state index >= 15 is 0 Å². The zero-order chi connectivity index (χ0) is 24.1. The molecule has 3 aromatic heterocycles. The summed E-state index contributed by atoms with van der Waals surface area (Å²) in [6.07, 6.45) is 5.12. The number of ether oxygens (including phenoxy) is 1. The Morgan fingerprint density at radius 3 is 2.52 bits per heavy atom. The molecule has 0 bridgehead atoms. The van der Waals surface area contributed by atoms with Crippen molar-refractivity contribution in [3.63, 3.8) is 0 Å². The summed E-state index contributed by atoms with van der Waals surface area (Å²) in [7, 11) is 3.95. The topological polar surface area (TPSA) is 75.5 Å². The third-order valence-electron chi connectivity index (χ3n) is 6.05. The summed E-state index contributed by atoms with van der Waals surface area (Å²) in [5, 5.41) is 11.3. The second-order valence-corrected chi connectivity index (χ2v) is 11.2. The number of aryl methyl sites for hydroxylation is 4. The fourth-order valence-corrected chi connectivity index (χ4v) is 6.11. The molecule has 6 nitrogen and oxygen atoms in total. The molecule has 3 aromatic rings. The first kappa shape index (κ1) is 23.6. The molecule has 0 aliphatic heterocycles. The number of fused-ring (bicyclic) bond motifs is 3. The molecule has 1 atom stereocenters. The minimum absolute atomic E-state index is 0.626. The largest absolute Gasteiger partial charge is 0.479 e. The number of aliphatic carboxylic acids is 1. The van der Waals surface area contributed by atoms with Crippen molar-refractivity contribution < 1.29 is 14.6 Å². The van der Waals surface area contributed by atoms with E-state index in [0.29, 0.717) is 11.3 Å². The van der Waals surface area contributed by atoms with Crippen LogP contribution in [0.3, 0.4) is 0 Å². The van der Waals surface area contributed by atoms with Crippen LogP contribution in [0.1, 0.15) is 67.0 Å². The number of aromatic nitrogens is 2. The van der Waals surface area contributed by atoms with E-state index in [-0.39, 0.29) is 0 Å². The van der Waals surface area contributed by atoms with Crippen molar-refractivity contribution in [1.29, 1.82) is 0 Å². The van der Waals surface area contributed by atoms with Gasteiger partial charge in [0, 0.05) is 52.9 Å². The lowest BCUT2D eigenvalue weighted by Crippen LogP contribution is -2.28. The molecule has 176 valence electrons. The molecule has 33 heavy (non-hydrogen) atoms. The van der Waals surface area contributed by atoms with E-state index in [1.54, 1.807) is 11.3 Å². The maximum absolute atomic E-state index is 12.5. The first-order valence-corrected chi connectivity index (χ1v) is 12.3. The van der Waals surface area contributed by atoms with Gasteiger partial charge in [-0.3, -0.25) is 0 Å². The number of carboxylic acids is 1. The van der Waals surface area contributed by atoms with Crippen molar-refractivity contribution >= 4 is 33.3 Å². The number of thiophene rings is 1. The average Bonchev–Trinajstić information content (AvgIpc) is 3.07. The lowest BCUT2D eigenvalue weighted by molar-refractivity contribution is -0.160. The highest BCUT2D eigenvalue weighted by Gasteiger charge is 2.34. The highest BCUT2D eigenvalue weighted by Crippen LogP contribution is 2.46. The quantitative estimate of drug-likeness (QED) is 0.506. The zero-order valence-electron chi connectivity index (χ0n) is 20.6. The van der Waals surface area contributed by atoms with E-state index in [0.717, 1.165) is 52.0 Å². The van der Waals surface area contributed by atoms with E-state index in [4.69, 9.17) is 14.7 Å². The SMILES string of the molecule is Cc1cc(-c2c(C(OC(C)(C)C)C(=O)O)c(C)nc3sc4c(c23)CCCC4)cnc1N(C)C. The molecule has 0 spiro atoms. The van der Waals surface area contributed by atoms with Crippen molar-refractivity contribution in [3.8, 4) is 11.1 Å². The van der Waals surface area contributed by atoms with Crippen LogP contribution in [0.25, 0.3) is 21.3 Å². The highest BCUT2D eigenvalue weighted by atomic mass is 32.1. The van der Waals surface area contributed by atoms with Crippen molar-refractivity contribution in [1.82, 2.24) is 9.97 Å². The van der Waals surface area contributed by atoms with Gasteiger partial charge in [0.2, 0.25) is 0 Å². The predicted octanol–water partition coefficient (Wildman–Crippen LogP) is 5.86. The van der Waals surface area contributed by atoms with Gasteiger partial charge in [-0.15, -0.1) is 11.3 Å². The van der Waals surface area contributed by atoms with Crippen LogP contribution in [0.5, 0.6) is 0 Å². The number of nitrogens with zero attached hydrogens (tertiary/aromatic N) is 3. The molecule has 1 N–H and O–H groups in total. The molecular formula is C26H33N3O3S. The van der Waals surface area contributed by atoms with Gasteiger partial charge in [-0.25, -0.2) is 14.8 Å². The second-order valence-electron chi connectivity index (χ2n) is 10.1. The van der Waals surface area contributed by atoms with Crippen LogP contribution in [-0.2, 0) is 22.4 Å². The van der Waals surface area contributed by atoms with Crippen molar-refractivity contribution in [2.75, 3.05) is 19.0 Å². The third kappa shape index (κ3) is 4.49. The number of rotatable bonds is 5. The van der Waals surface area contributed by atoms with Crippen LogP contribution in [0, 0.1) is 13.8 Å². The van der Waals surface area contributed by atoms with Crippen LogP contribution < -0.4 is 4.90 Å². The standard InChI is InChI=1S/C26H33N3O3S/c1-14-12-16(13-27-23(14)29(6)7)20-19(22(25(30)31)32-26(3,4)5)15(2)28-24-21(20)17-10-8-9-11-18(17)33-24/h12-13,22H,8-11H2,1-7H3,(H,30,31). The Morgan fingerprint density at radius 2 is 1.91 bits per heavy atom. The number of hydrogen-bond donors (Lipinski definition) is 1. The Balaban J connectivity index is 2.08. The van der Waals surface area contributed by atoms with Crippen molar-refractivity contribution in [2.45, 2.75) is 72.0 Å². The smallest absolute Gasteiger partial charge is 0.337 e. The van der Waals surface area contributed by atoms with Crippen LogP contribution in [0.4, 0.5) is 5.82 Å². The zero-order valence-corrected chi connectivity index (χ0v) is 21.4. The van der Waals surface area contributed by atoms with Crippen molar-refractivity contribution in [2.24, 2.45) is 0 Å². The second kappa shape index (κ2) is 8.69. The Bertz CT molecular complexity index is 1220. The van der Waals surface area contributed by atoms with Gasteiger partial charge in [0.1, 0.15) is 10.6 Å². The Hall–Kier alpha value is -2.51. The fourth-order valence-electron chi connectivity index (χ4n) is 4.80. The molecule has 1 unspecified atom stereocenters. The Kier molecular flexibility index (Phi) is 6.22. The predicted molar refractivity (Wildman–Crippen MR) is 135 cm³/mol. The van der Waals surface area contributed by atoms with Crippen LogP contribution >= 0.6 is 11.3 Å². The van der Waals surface area contributed by atoms with Crippen LogP contribution in [0.15, 0.2) is 12.3 Å². The van der Waals surface area contributed by atoms with Gasteiger partial charge >= 0.3 is 5.97 Å². The molecule has 0 fully saturated rings. The summed E-state index contributed by atoms with van der Waals surface area (Å²) in [6, 6.07) is 2.11. The molecule has 1 aliphatic carbocycles. The lowest BCUT2D eigenvalue weighted by atomic mass is 9.88. The number of hydrogen-bond acceptors (Lipinski definition) is 6. The summed E-state index contributed by atoms with van der Waals surface area (Å²) in [6.45, 7) is 9.59. The Labute approximate surface area is 199 Å². The molecule has 0 radical (unpaired) electrons. The number of carboxylic acid groups (broad SMARTS) is 1. The Morgan fingerprint density at radius 1 is 1.21 bits per heavy atom. The average molecular weight is 468 g/mol.